The van der Waals surface area contributed by atoms with Crippen molar-refractivity contribution < 1.29 is 9.53 Å². The SMILES string of the molecule is COC(=O)c1ccc(CSc2nc3sc4c(c3c(=O)n2-c2ccc(C)cc2)CCCC4)cc1. The number of ether oxygens (including phenoxy) is 1. The van der Waals surface area contributed by atoms with Crippen molar-refractivity contribution in [3.05, 3.63) is 86.0 Å². The third-order valence-electron chi connectivity index (χ3n) is 5.99. The second kappa shape index (κ2) is 9.15. The molecule has 1 aliphatic rings. The molecule has 0 N–H and O–H groups in total. The maximum absolute atomic E-state index is 13.8. The molecule has 0 aliphatic heterocycles. The molecule has 0 unspecified atom stereocenters. The first kappa shape index (κ1) is 21.9. The van der Waals surface area contributed by atoms with Crippen molar-refractivity contribution in [3.63, 3.8) is 0 Å². The van der Waals surface area contributed by atoms with Gasteiger partial charge >= 0.3 is 5.97 Å². The summed E-state index contributed by atoms with van der Waals surface area (Å²) in [5, 5.41) is 1.48. The number of aryl methyl sites for hydroxylation is 3. The third-order valence-corrected chi connectivity index (χ3v) is 8.19. The summed E-state index contributed by atoms with van der Waals surface area (Å²) in [6, 6.07) is 15.4. The smallest absolute Gasteiger partial charge is 0.337 e. The molecular formula is C26H24N2O3S2. The number of hydrogen-bond acceptors (Lipinski definition) is 6. The molecule has 2 heterocycles. The molecule has 0 saturated carbocycles. The van der Waals surface area contributed by atoms with Crippen molar-refractivity contribution in [1.29, 1.82) is 0 Å². The van der Waals surface area contributed by atoms with Crippen molar-refractivity contribution in [2.24, 2.45) is 0 Å². The summed E-state index contributed by atoms with van der Waals surface area (Å²) in [7, 11) is 1.38. The van der Waals surface area contributed by atoms with Gasteiger partial charge in [0.15, 0.2) is 5.16 Å². The molecule has 0 bridgehead atoms. The molecular weight excluding hydrogens is 452 g/mol. The van der Waals surface area contributed by atoms with Gasteiger partial charge in [-0.25, -0.2) is 9.78 Å². The maximum Gasteiger partial charge on any atom is 0.337 e. The summed E-state index contributed by atoms with van der Waals surface area (Å²) in [6.07, 6.45) is 4.30. The number of thiophene rings is 1. The van der Waals surface area contributed by atoms with Gasteiger partial charge in [0.1, 0.15) is 4.83 Å². The molecule has 0 radical (unpaired) electrons. The van der Waals surface area contributed by atoms with Crippen molar-refractivity contribution in [3.8, 4) is 5.69 Å². The van der Waals surface area contributed by atoms with Gasteiger partial charge in [0, 0.05) is 10.6 Å². The van der Waals surface area contributed by atoms with Gasteiger partial charge in [-0.2, -0.15) is 0 Å². The second-order valence-electron chi connectivity index (χ2n) is 8.24. The van der Waals surface area contributed by atoms with E-state index in [1.165, 1.54) is 35.7 Å². The average Bonchev–Trinajstić information content (AvgIpc) is 3.22. The zero-order valence-corrected chi connectivity index (χ0v) is 20.2. The number of methoxy groups -OCH3 is 1. The van der Waals surface area contributed by atoms with Crippen LogP contribution in [0.5, 0.6) is 0 Å². The van der Waals surface area contributed by atoms with E-state index in [2.05, 4.69) is 0 Å². The number of hydrogen-bond donors (Lipinski definition) is 0. The van der Waals surface area contributed by atoms with Crippen LogP contribution < -0.4 is 5.56 Å². The highest BCUT2D eigenvalue weighted by Gasteiger charge is 2.23. The Balaban J connectivity index is 1.56. The largest absolute Gasteiger partial charge is 0.465 e. The highest BCUT2D eigenvalue weighted by molar-refractivity contribution is 7.98. The quantitative estimate of drug-likeness (QED) is 0.210. The highest BCUT2D eigenvalue weighted by atomic mass is 32.2. The molecule has 0 amide bonds. The predicted molar refractivity (Wildman–Crippen MR) is 134 cm³/mol. The van der Waals surface area contributed by atoms with Crippen LogP contribution in [-0.2, 0) is 23.3 Å². The Morgan fingerprint density at radius 3 is 2.55 bits per heavy atom. The molecule has 0 fully saturated rings. The van der Waals surface area contributed by atoms with E-state index in [1.54, 1.807) is 28.0 Å². The van der Waals surface area contributed by atoms with Gasteiger partial charge in [0.25, 0.3) is 5.56 Å². The summed E-state index contributed by atoms with van der Waals surface area (Å²) in [5.74, 6) is 0.285. The molecule has 168 valence electrons. The molecule has 5 rings (SSSR count). The van der Waals surface area contributed by atoms with E-state index in [0.29, 0.717) is 16.5 Å². The molecule has 2 aromatic heterocycles. The Bertz CT molecular complexity index is 1390. The number of esters is 1. The fourth-order valence-electron chi connectivity index (χ4n) is 4.21. The van der Waals surface area contributed by atoms with E-state index >= 15 is 0 Å². The fraction of sp³-hybridized carbons (Fsp3) is 0.269. The monoisotopic (exact) mass is 476 g/mol. The van der Waals surface area contributed by atoms with Crippen LogP contribution in [0.2, 0.25) is 0 Å². The molecule has 7 heteroatoms. The van der Waals surface area contributed by atoms with Gasteiger partial charge in [-0.1, -0.05) is 41.6 Å². The second-order valence-corrected chi connectivity index (χ2v) is 10.3. The minimum absolute atomic E-state index is 0.0202. The molecule has 0 spiro atoms. The van der Waals surface area contributed by atoms with Crippen molar-refractivity contribution in [2.45, 2.75) is 43.5 Å². The van der Waals surface area contributed by atoms with Crippen LogP contribution in [0, 0.1) is 6.92 Å². The molecule has 1 aliphatic carbocycles. The number of benzene rings is 2. The topological polar surface area (TPSA) is 61.2 Å². The summed E-state index contributed by atoms with van der Waals surface area (Å²) in [4.78, 5) is 32.6. The maximum atomic E-state index is 13.8. The summed E-state index contributed by atoms with van der Waals surface area (Å²) in [6.45, 7) is 2.04. The van der Waals surface area contributed by atoms with E-state index in [0.717, 1.165) is 46.3 Å². The minimum atomic E-state index is -0.351. The molecule has 4 aromatic rings. The number of fused-ring (bicyclic) bond motifs is 3. The number of nitrogens with zero attached hydrogens (tertiary/aromatic N) is 2. The highest BCUT2D eigenvalue weighted by Crippen LogP contribution is 2.35. The van der Waals surface area contributed by atoms with Crippen LogP contribution in [0.25, 0.3) is 15.9 Å². The lowest BCUT2D eigenvalue weighted by atomic mass is 9.97. The van der Waals surface area contributed by atoms with Gasteiger partial charge in [-0.05, 0) is 68.0 Å². The van der Waals surface area contributed by atoms with Crippen LogP contribution >= 0.6 is 23.1 Å². The Hall–Kier alpha value is -2.90. The molecule has 33 heavy (non-hydrogen) atoms. The number of carbonyl (C=O) groups excluding carboxylic acids is 1. The summed E-state index contributed by atoms with van der Waals surface area (Å²) in [5.41, 5.74) is 4.77. The fourth-order valence-corrected chi connectivity index (χ4v) is 6.48. The van der Waals surface area contributed by atoms with Crippen LogP contribution in [0.1, 0.15) is 44.8 Å². The first-order valence-corrected chi connectivity index (χ1v) is 12.8. The van der Waals surface area contributed by atoms with Crippen LogP contribution in [-0.4, -0.2) is 22.6 Å². The summed E-state index contributed by atoms with van der Waals surface area (Å²) >= 11 is 3.21. The Labute approximate surface area is 200 Å². The standard InChI is InChI=1S/C26H24N2O3S2/c1-16-7-13-19(14-8-16)28-24(29)22-20-5-3-4-6-21(20)33-23(22)27-26(28)32-15-17-9-11-18(12-10-17)25(30)31-2/h7-14H,3-6,15H2,1-2H3. The Morgan fingerprint density at radius 1 is 1.09 bits per heavy atom. The number of carbonyl (C=O) groups is 1. The zero-order valence-electron chi connectivity index (χ0n) is 18.6. The van der Waals surface area contributed by atoms with E-state index in [9.17, 15) is 9.59 Å². The molecule has 0 atom stereocenters. The van der Waals surface area contributed by atoms with Gasteiger partial charge in [-0.15, -0.1) is 11.3 Å². The number of aromatic nitrogens is 2. The van der Waals surface area contributed by atoms with Crippen LogP contribution in [0.4, 0.5) is 0 Å². The first-order chi connectivity index (χ1) is 16.0. The van der Waals surface area contributed by atoms with Crippen molar-refractivity contribution in [1.82, 2.24) is 9.55 Å². The Kier molecular flexibility index (Phi) is 6.08. The van der Waals surface area contributed by atoms with E-state index in [4.69, 9.17) is 9.72 Å². The number of thioether (sulfide) groups is 1. The van der Waals surface area contributed by atoms with Gasteiger partial charge in [-0.3, -0.25) is 9.36 Å². The zero-order chi connectivity index (χ0) is 22.9. The van der Waals surface area contributed by atoms with E-state index < -0.39 is 0 Å². The van der Waals surface area contributed by atoms with E-state index in [1.807, 2.05) is 43.3 Å². The lowest BCUT2D eigenvalue weighted by molar-refractivity contribution is 0.0600. The van der Waals surface area contributed by atoms with Crippen LogP contribution in [0.15, 0.2) is 58.5 Å². The third kappa shape index (κ3) is 4.23. The first-order valence-electron chi connectivity index (χ1n) is 11.0. The van der Waals surface area contributed by atoms with Gasteiger partial charge in [0.05, 0.1) is 23.7 Å². The molecule has 5 nitrogen and oxygen atoms in total. The Morgan fingerprint density at radius 2 is 1.82 bits per heavy atom. The minimum Gasteiger partial charge on any atom is -0.465 e. The van der Waals surface area contributed by atoms with Crippen molar-refractivity contribution in [2.75, 3.05) is 7.11 Å². The lowest BCUT2D eigenvalue weighted by Crippen LogP contribution is -2.22. The predicted octanol–water partition coefficient (Wildman–Crippen LogP) is 5.71. The molecule has 2 aromatic carbocycles. The normalized spacial score (nSPS) is 13.2. The van der Waals surface area contributed by atoms with Gasteiger partial charge < -0.3 is 4.74 Å². The van der Waals surface area contributed by atoms with E-state index in [-0.39, 0.29) is 11.5 Å². The lowest BCUT2D eigenvalue weighted by Gasteiger charge is -2.14. The number of rotatable bonds is 5. The average molecular weight is 477 g/mol. The molecule has 0 saturated heterocycles. The van der Waals surface area contributed by atoms with Crippen LogP contribution in [0.3, 0.4) is 0 Å². The van der Waals surface area contributed by atoms with Crippen molar-refractivity contribution >= 4 is 39.3 Å². The summed E-state index contributed by atoms with van der Waals surface area (Å²) < 4.78 is 6.54. The van der Waals surface area contributed by atoms with Gasteiger partial charge in [0.2, 0.25) is 0 Å².